The number of aliphatic hydroxyl groups is 1. The number of aromatic nitrogens is 3. The molecule has 1 aliphatic heterocycles. The SMILES string of the molecule is CC(=O)[C@H](C)CP(=O)(OC[C@H]1O[C@@H](n2ccc3c(=O)[nH]c(N)nc32)C(Br)(Br)[C@H]1O)Oc1ccccc1. The first-order valence-electron chi connectivity index (χ1n) is 11.0. The fourth-order valence-corrected chi connectivity index (χ4v) is 6.99. The maximum absolute atomic E-state index is 13.7. The summed E-state index contributed by atoms with van der Waals surface area (Å²) in [6, 6.07) is 10.0. The van der Waals surface area contributed by atoms with Crippen LogP contribution >= 0.6 is 39.5 Å². The van der Waals surface area contributed by atoms with Gasteiger partial charge < -0.3 is 24.7 Å². The lowest BCUT2D eigenvalue weighted by atomic mass is 10.1. The molecule has 3 heterocycles. The van der Waals surface area contributed by atoms with Crippen molar-refractivity contribution in [3.05, 3.63) is 52.9 Å². The van der Waals surface area contributed by atoms with Crippen LogP contribution in [0.15, 0.2) is 47.4 Å². The Balaban J connectivity index is 1.57. The van der Waals surface area contributed by atoms with Crippen LogP contribution in [0.4, 0.5) is 5.95 Å². The lowest BCUT2D eigenvalue weighted by molar-refractivity contribution is -0.119. The molecule has 0 saturated carbocycles. The smallest absolute Gasteiger partial charge is 0.379 e. The number of Topliss-reactive ketones (excluding diaryl/α,β-unsaturated/α-hetero) is 1. The van der Waals surface area contributed by atoms with Gasteiger partial charge in [0.1, 0.15) is 23.7 Å². The summed E-state index contributed by atoms with van der Waals surface area (Å²) in [5.74, 6) is -0.479. The molecule has 4 N–H and O–H groups in total. The minimum absolute atomic E-state index is 0.0702. The molecule has 4 rings (SSSR count). The van der Waals surface area contributed by atoms with Crippen LogP contribution in [0.1, 0.15) is 20.1 Å². The number of carbonyl (C=O) groups is 1. The van der Waals surface area contributed by atoms with E-state index < -0.39 is 40.7 Å². The van der Waals surface area contributed by atoms with Gasteiger partial charge in [-0.05, 0) is 25.1 Å². The molecular weight excluding hydrogens is 623 g/mol. The van der Waals surface area contributed by atoms with E-state index in [2.05, 4.69) is 41.8 Å². The Labute approximate surface area is 223 Å². The number of alkyl halides is 2. The maximum Gasteiger partial charge on any atom is 0.379 e. The standard InChI is InChI=1S/C22H25Br2N4O7P/c1-12(13(2)29)11-36(32,35-14-6-4-3-5-7-14)33-10-16-17(30)22(23,24)20(34-16)28-9-8-15-18(28)26-21(25)27-19(15)31/h3-9,12,16-17,20,30H,10-11H2,1-2H3,(H3,25,26,27,31)/t12-,16-,17+,20-,36?/m1/s1. The second-order valence-electron chi connectivity index (χ2n) is 8.56. The number of hydrogen-bond acceptors (Lipinski definition) is 9. The number of nitrogens with one attached hydrogen (secondary N) is 1. The minimum Gasteiger partial charge on any atom is -0.424 e. The summed E-state index contributed by atoms with van der Waals surface area (Å²) in [6.45, 7) is 2.74. The fourth-order valence-electron chi connectivity index (χ4n) is 3.76. The van der Waals surface area contributed by atoms with Crippen molar-refractivity contribution >= 4 is 62.2 Å². The molecule has 0 amide bonds. The Morgan fingerprint density at radius 1 is 1.36 bits per heavy atom. The number of nitrogen functional groups attached to an aromatic ring is 1. The largest absolute Gasteiger partial charge is 0.424 e. The molecule has 3 aromatic rings. The molecule has 36 heavy (non-hydrogen) atoms. The Morgan fingerprint density at radius 2 is 2.06 bits per heavy atom. The first-order chi connectivity index (χ1) is 16.9. The number of H-pyrrole nitrogens is 1. The number of carbonyl (C=O) groups excluding carboxylic acids is 1. The van der Waals surface area contributed by atoms with Crippen LogP contribution in [0.25, 0.3) is 11.0 Å². The number of anilines is 1. The molecule has 2 aromatic heterocycles. The second kappa shape index (κ2) is 10.4. The molecule has 1 fully saturated rings. The van der Waals surface area contributed by atoms with Crippen molar-refractivity contribution < 1.29 is 28.3 Å². The van der Waals surface area contributed by atoms with Gasteiger partial charge in [-0.3, -0.25) is 19.1 Å². The Hall–Kier alpha value is -2.02. The highest BCUT2D eigenvalue weighted by molar-refractivity contribution is 9.25. The predicted octanol–water partition coefficient (Wildman–Crippen LogP) is 3.57. The number of nitrogens with zero attached hydrogens (tertiary/aromatic N) is 2. The summed E-state index contributed by atoms with van der Waals surface area (Å²) >= 11 is 6.94. The van der Waals surface area contributed by atoms with E-state index in [0.717, 1.165) is 0 Å². The molecule has 14 heteroatoms. The molecule has 5 atom stereocenters. The molecule has 1 aromatic carbocycles. The van der Waals surface area contributed by atoms with Crippen LogP contribution in [0.3, 0.4) is 0 Å². The number of halogens is 2. The fraction of sp³-hybridized carbons (Fsp3) is 0.409. The average Bonchev–Trinajstić information content (AvgIpc) is 3.31. The number of aromatic amines is 1. The van der Waals surface area contributed by atoms with Crippen molar-refractivity contribution in [1.29, 1.82) is 0 Å². The summed E-state index contributed by atoms with van der Waals surface area (Å²) in [4.78, 5) is 30.7. The number of nitrogens with two attached hydrogens (primary N) is 1. The number of benzene rings is 1. The molecule has 0 radical (unpaired) electrons. The molecule has 0 spiro atoms. The highest BCUT2D eigenvalue weighted by Gasteiger charge is 2.55. The number of para-hydroxylation sites is 1. The predicted molar refractivity (Wildman–Crippen MR) is 141 cm³/mol. The summed E-state index contributed by atoms with van der Waals surface area (Å²) < 4.78 is 31.5. The van der Waals surface area contributed by atoms with Crippen molar-refractivity contribution in [2.24, 2.45) is 5.92 Å². The molecule has 1 aliphatic rings. The Morgan fingerprint density at radius 3 is 2.72 bits per heavy atom. The van der Waals surface area contributed by atoms with Crippen LogP contribution in [-0.4, -0.2) is 53.6 Å². The van der Waals surface area contributed by atoms with Gasteiger partial charge in [-0.25, -0.2) is 4.57 Å². The van der Waals surface area contributed by atoms with Crippen molar-refractivity contribution in [2.45, 2.75) is 35.5 Å². The first kappa shape index (κ1) is 27.0. The van der Waals surface area contributed by atoms with Gasteiger partial charge in [0.25, 0.3) is 5.56 Å². The van der Waals surface area contributed by atoms with Gasteiger partial charge in [0, 0.05) is 12.1 Å². The molecule has 1 unspecified atom stereocenters. The number of fused-ring (bicyclic) bond motifs is 1. The monoisotopic (exact) mass is 646 g/mol. The van der Waals surface area contributed by atoms with Gasteiger partial charge in [0.15, 0.2) is 15.1 Å². The van der Waals surface area contributed by atoms with Gasteiger partial charge in [-0.2, -0.15) is 4.98 Å². The van der Waals surface area contributed by atoms with Crippen molar-refractivity contribution in [1.82, 2.24) is 14.5 Å². The zero-order valence-electron chi connectivity index (χ0n) is 19.3. The minimum atomic E-state index is -3.83. The summed E-state index contributed by atoms with van der Waals surface area (Å²) in [7, 11) is -3.83. The molecule has 0 aliphatic carbocycles. The number of rotatable bonds is 9. The normalized spacial score (nSPS) is 23.9. The molecule has 1 saturated heterocycles. The van der Waals surface area contributed by atoms with Crippen LogP contribution in [0, 0.1) is 5.92 Å². The lowest BCUT2D eigenvalue weighted by Gasteiger charge is -2.25. The third-order valence-electron chi connectivity index (χ3n) is 5.85. The van der Waals surface area contributed by atoms with Crippen LogP contribution in [0.2, 0.25) is 0 Å². The highest BCUT2D eigenvalue weighted by Crippen LogP contribution is 2.53. The summed E-state index contributed by atoms with van der Waals surface area (Å²) in [5.41, 5.74) is 5.55. The molecule has 11 nitrogen and oxygen atoms in total. The quantitative estimate of drug-likeness (QED) is 0.233. The van der Waals surface area contributed by atoms with E-state index in [0.29, 0.717) is 5.75 Å². The highest BCUT2D eigenvalue weighted by atomic mass is 79.9. The van der Waals surface area contributed by atoms with E-state index in [-0.39, 0.29) is 35.5 Å². The van der Waals surface area contributed by atoms with Gasteiger partial charge >= 0.3 is 7.60 Å². The van der Waals surface area contributed by atoms with E-state index in [1.165, 1.54) is 6.92 Å². The van der Waals surface area contributed by atoms with Gasteiger partial charge in [-0.1, -0.05) is 57.0 Å². The van der Waals surface area contributed by atoms with Crippen LogP contribution in [0.5, 0.6) is 5.75 Å². The van der Waals surface area contributed by atoms with E-state index in [4.69, 9.17) is 19.5 Å². The first-order valence-corrected chi connectivity index (χ1v) is 14.3. The number of ketones is 1. The van der Waals surface area contributed by atoms with Crippen molar-refractivity contribution in [2.75, 3.05) is 18.5 Å². The third-order valence-corrected chi connectivity index (χ3v) is 9.59. The van der Waals surface area contributed by atoms with Crippen LogP contribution < -0.4 is 15.8 Å². The van der Waals surface area contributed by atoms with Gasteiger partial charge in [-0.15, -0.1) is 0 Å². The maximum atomic E-state index is 13.7. The van der Waals surface area contributed by atoms with Crippen molar-refractivity contribution in [3.8, 4) is 5.75 Å². The number of aliphatic hydroxyl groups excluding tert-OH is 1. The van der Waals surface area contributed by atoms with E-state index in [1.807, 2.05) is 0 Å². The van der Waals surface area contributed by atoms with Crippen LogP contribution in [-0.2, 0) is 18.6 Å². The lowest BCUT2D eigenvalue weighted by Crippen LogP contribution is -2.37. The van der Waals surface area contributed by atoms with Gasteiger partial charge in [0.2, 0.25) is 5.95 Å². The summed E-state index contributed by atoms with van der Waals surface area (Å²) in [5, 5.41) is 11.3. The molecule has 194 valence electrons. The Bertz CT molecular complexity index is 1360. The van der Waals surface area contributed by atoms with E-state index in [9.17, 15) is 19.3 Å². The third kappa shape index (κ3) is 5.46. The number of hydrogen-bond donors (Lipinski definition) is 3. The molecule has 0 bridgehead atoms. The zero-order valence-corrected chi connectivity index (χ0v) is 23.4. The average molecular weight is 648 g/mol. The zero-order chi connectivity index (χ0) is 26.3. The Kier molecular flexibility index (Phi) is 7.80. The number of ether oxygens (including phenoxy) is 1. The van der Waals surface area contributed by atoms with E-state index >= 15 is 0 Å². The molecular formula is C22H25Br2N4O7P. The second-order valence-corrected chi connectivity index (χ2v) is 14.3. The topological polar surface area (TPSA) is 159 Å². The van der Waals surface area contributed by atoms with E-state index in [1.54, 1.807) is 54.1 Å². The summed E-state index contributed by atoms with van der Waals surface area (Å²) in [6.07, 6.45) is -1.60. The van der Waals surface area contributed by atoms with Crippen molar-refractivity contribution in [3.63, 3.8) is 0 Å². The van der Waals surface area contributed by atoms with Gasteiger partial charge in [0.05, 0.1) is 18.2 Å².